The highest BCUT2D eigenvalue weighted by Crippen LogP contribution is 2.35. The van der Waals surface area contributed by atoms with E-state index in [1.165, 1.54) is 50.4 Å². The van der Waals surface area contributed by atoms with E-state index in [-0.39, 0.29) is 23.9 Å². The fraction of sp³-hybridized carbons (Fsp3) is 0.568. The predicted molar refractivity (Wildman–Crippen MR) is 175 cm³/mol. The largest absolute Gasteiger partial charge is 0.507 e. The third-order valence-corrected chi connectivity index (χ3v) is 7.29. The van der Waals surface area contributed by atoms with Crippen molar-refractivity contribution in [3.63, 3.8) is 0 Å². The molecule has 1 aromatic rings. The summed E-state index contributed by atoms with van der Waals surface area (Å²) in [4.78, 5) is 24.2. The van der Waals surface area contributed by atoms with E-state index in [2.05, 4.69) is 64.2 Å². The number of carbonyl (C=O) groups excluding carboxylic acids is 2. The van der Waals surface area contributed by atoms with Crippen molar-refractivity contribution in [1.29, 1.82) is 0 Å². The Hall–Kier alpha value is -3.08. The quantitative estimate of drug-likeness (QED) is 0.0603. The Morgan fingerprint density at radius 2 is 1.52 bits per heavy atom. The van der Waals surface area contributed by atoms with E-state index in [1.54, 1.807) is 6.07 Å². The molecule has 0 aliphatic carbocycles. The molecule has 234 valence electrons. The highest BCUT2D eigenvalue weighted by Gasteiger charge is 2.18. The number of hydrogen-bond acceptors (Lipinski definition) is 5. The van der Waals surface area contributed by atoms with Gasteiger partial charge in [0, 0.05) is 17.5 Å². The Morgan fingerprint density at radius 3 is 2.17 bits per heavy atom. The van der Waals surface area contributed by atoms with Crippen molar-refractivity contribution in [1.82, 2.24) is 0 Å². The first-order valence-corrected chi connectivity index (χ1v) is 15.9. The van der Waals surface area contributed by atoms with Gasteiger partial charge in [-0.1, -0.05) is 86.6 Å². The Balaban J connectivity index is 2.42. The molecular weight excluding hydrogens is 524 g/mol. The molecule has 0 saturated heterocycles. The Labute approximate surface area is 255 Å². The lowest BCUT2D eigenvalue weighted by molar-refractivity contribution is -0.145. The number of phenolic OH excluding ortho intramolecular Hbond substituents is 1. The Morgan fingerprint density at radius 1 is 0.857 bits per heavy atom. The van der Waals surface area contributed by atoms with E-state index >= 15 is 0 Å². The van der Waals surface area contributed by atoms with Gasteiger partial charge in [-0.2, -0.15) is 0 Å². The summed E-state index contributed by atoms with van der Waals surface area (Å²) in [5.74, 6) is 0.0682. The molecule has 0 aromatic heterocycles. The summed E-state index contributed by atoms with van der Waals surface area (Å²) >= 11 is 0. The molecule has 0 aliphatic rings. The Bertz CT molecular complexity index is 1040. The van der Waals surface area contributed by atoms with Gasteiger partial charge in [0.1, 0.15) is 18.1 Å². The minimum Gasteiger partial charge on any atom is -0.507 e. The van der Waals surface area contributed by atoms with Gasteiger partial charge < -0.3 is 14.6 Å². The molecule has 1 aromatic carbocycles. The van der Waals surface area contributed by atoms with Crippen LogP contribution in [0.3, 0.4) is 0 Å². The first-order chi connectivity index (χ1) is 20.3. The maximum absolute atomic E-state index is 12.3. The van der Waals surface area contributed by atoms with E-state index in [9.17, 15) is 14.7 Å². The van der Waals surface area contributed by atoms with Crippen molar-refractivity contribution in [2.24, 2.45) is 0 Å². The van der Waals surface area contributed by atoms with Gasteiger partial charge in [-0.3, -0.25) is 9.59 Å². The average molecular weight is 581 g/mol. The van der Waals surface area contributed by atoms with Gasteiger partial charge in [0.15, 0.2) is 6.29 Å². The topological polar surface area (TPSA) is 72.8 Å². The summed E-state index contributed by atoms with van der Waals surface area (Å²) < 4.78 is 11.0. The number of unbranched alkanes of at least 4 members (excludes halogenated alkanes) is 8. The first-order valence-electron chi connectivity index (χ1n) is 15.9. The molecule has 42 heavy (non-hydrogen) atoms. The molecule has 0 atom stereocenters. The normalized spacial score (nSPS) is 11.8. The number of methoxy groups -OCH3 is 1. The lowest BCUT2D eigenvalue weighted by atomic mass is 9.98. The summed E-state index contributed by atoms with van der Waals surface area (Å²) in [6, 6.07) is 1.69. The Kier molecular flexibility index (Phi) is 20.7. The lowest BCUT2D eigenvalue weighted by Gasteiger charge is -2.15. The molecule has 5 nitrogen and oxygen atoms in total. The van der Waals surface area contributed by atoms with Gasteiger partial charge in [-0.15, -0.1) is 0 Å². The third-order valence-electron chi connectivity index (χ3n) is 7.29. The van der Waals surface area contributed by atoms with E-state index in [4.69, 9.17) is 9.47 Å². The van der Waals surface area contributed by atoms with Crippen LogP contribution in [0.4, 0.5) is 0 Å². The summed E-state index contributed by atoms with van der Waals surface area (Å²) in [5, 5.41) is 10.9. The van der Waals surface area contributed by atoms with Gasteiger partial charge >= 0.3 is 5.97 Å². The molecule has 0 fully saturated rings. The second kappa shape index (κ2) is 23.5. The minimum absolute atomic E-state index is 0.0745. The number of hydrogen-bond donors (Lipinski definition) is 1. The zero-order valence-electron chi connectivity index (χ0n) is 27.0. The van der Waals surface area contributed by atoms with Crippen LogP contribution in [0, 0.1) is 0 Å². The van der Waals surface area contributed by atoms with Crippen LogP contribution >= 0.6 is 0 Å². The molecule has 0 heterocycles. The molecule has 5 heteroatoms. The number of aromatic hydroxyl groups is 1. The summed E-state index contributed by atoms with van der Waals surface area (Å²) in [5.41, 5.74) is 3.64. The monoisotopic (exact) mass is 580 g/mol. The molecular formula is C37H56O5. The lowest BCUT2D eigenvalue weighted by Crippen LogP contribution is -2.07. The fourth-order valence-corrected chi connectivity index (χ4v) is 4.66. The zero-order valence-corrected chi connectivity index (χ0v) is 27.0. The van der Waals surface area contributed by atoms with E-state index in [0.29, 0.717) is 36.0 Å². The fourth-order valence-electron chi connectivity index (χ4n) is 4.66. The van der Waals surface area contributed by atoms with E-state index < -0.39 is 0 Å². The molecule has 0 amide bonds. The van der Waals surface area contributed by atoms with Crippen molar-refractivity contribution >= 4 is 12.3 Å². The van der Waals surface area contributed by atoms with Gasteiger partial charge in [-0.05, 0) is 84.6 Å². The molecule has 0 saturated carbocycles. The van der Waals surface area contributed by atoms with Crippen molar-refractivity contribution in [3.05, 3.63) is 70.4 Å². The van der Waals surface area contributed by atoms with Crippen LogP contribution in [0.1, 0.15) is 139 Å². The summed E-state index contributed by atoms with van der Waals surface area (Å²) in [6.07, 6.45) is 29.0. The molecule has 1 rings (SSSR count). The summed E-state index contributed by atoms with van der Waals surface area (Å²) in [7, 11) is 1.53. The number of rotatable bonds is 23. The molecule has 0 spiro atoms. The highest BCUT2D eigenvalue weighted by atomic mass is 16.5. The second-order valence-corrected chi connectivity index (χ2v) is 11.3. The van der Waals surface area contributed by atoms with Gasteiger partial charge in [0.25, 0.3) is 0 Å². The van der Waals surface area contributed by atoms with E-state index in [0.717, 1.165) is 51.4 Å². The maximum Gasteiger partial charge on any atom is 0.306 e. The number of aldehydes is 1. The highest BCUT2D eigenvalue weighted by molar-refractivity contribution is 5.83. The molecule has 0 aliphatic heterocycles. The van der Waals surface area contributed by atoms with Crippen molar-refractivity contribution in [3.8, 4) is 11.5 Å². The zero-order chi connectivity index (χ0) is 31.0. The molecule has 1 N–H and O–H groups in total. The molecule has 0 bridgehead atoms. The number of esters is 1. The SMILES string of the molecule is CCCCC/C=C\C/C=C\CCCCCCCC(=O)OCc1cc(OC)c(C/C=C(\C)CCC=C(C)C)c(O)c1C=O. The number of ether oxygens (including phenoxy) is 2. The molecule has 0 unspecified atom stereocenters. The minimum atomic E-state index is -0.296. The average Bonchev–Trinajstić information content (AvgIpc) is 2.97. The molecule has 0 radical (unpaired) electrons. The van der Waals surface area contributed by atoms with Crippen LogP contribution in [0.15, 0.2) is 53.7 Å². The number of benzene rings is 1. The van der Waals surface area contributed by atoms with Crippen molar-refractivity contribution in [2.75, 3.05) is 7.11 Å². The van der Waals surface area contributed by atoms with Crippen molar-refractivity contribution < 1.29 is 24.2 Å². The number of carbonyl (C=O) groups is 2. The van der Waals surface area contributed by atoms with Crippen LogP contribution in [0.5, 0.6) is 11.5 Å². The van der Waals surface area contributed by atoms with Gasteiger partial charge in [0.2, 0.25) is 0 Å². The smallest absolute Gasteiger partial charge is 0.306 e. The van der Waals surface area contributed by atoms with Crippen LogP contribution in [-0.2, 0) is 22.6 Å². The van der Waals surface area contributed by atoms with Crippen LogP contribution in [0.25, 0.3) is 0 Å². The maximum atomic E-state index is 12.3. The standard InChI is InChI=1S/C37H56O5/c1-6-7-8-9-10-11-12-13-14-15-16-17-18-19-20-24-36(39)42-29-32-27-35(41-5)33(37(40)34(32)28-38)26-25-31(4)23-21-22-30(2)3/h10-11,13-14,22,25,27-28,40H,6-9,12,15-21,23-24,26,29H2,1-5H3/b11-10-,14-13-,31-25+. The predicted octanol–water partition coefficient (Wildman–Crippen LogP) is 10.3. The van der Waals surface area contributed by atoms with E-state index in [1.807, 2.05) is 0 Å². The first kappa shape index (κ1) is 36.9. The van der Waals surface area contributed by atoms with Crippen LogP contribution in [0.2, 0.25) is 0 Å². The second-order valence-electron chi connectivity index (χ2n) is 11.3. The number of allylic oxidation sites excluding steroid dienone is 8. The van der Waals surface area contributed by atoms with Crippen LogP contribution < -0.4 is 4.74 Å². The number of phenols is 1. The van der Waals surface area contributed by atoms with Gasteiger partial charge in [0.05, 0.1) is 12.7 Å². The van der Waals surface area contributed by atoms with Gasteiger partial charge in [-0.25, -0.2) is 0 Å². The summed E-state index contributed by atoms with van der Waals surface area (Å²) in [6.45, 7) is 8.38. The van der Waals surface area contributed by atoms with Crippen LogP contribution in [-0.4, -0.2) is 24.5 Å². The third kappa shape index (κ3) is 16.4. The van der Waals surface area contributed by atoms with Crippen molar-refractivity contribution in [2.45, 2.75) is 131 Å².